The van der Waals surface area contributed by atoms with E-state index in [-0.39, 0.29) is 17.4 Å². The van der Waals surface area contributed by atoms with E-state index in [0.29, 0.717) is 13.1 Å². The highest BCUT2D eigenvalue weighted by molar-refractivity contribution is 5.96. The van der Waals surface area contributed by atoms with Gasteiger partial charge in [0.05, 0.1) is 6.20 Å². The first kappa shape index (κ1) is 16.4. The minimum atomic E-state index is -0.138. The number of aromatic nitrogens is 4. The molecule has 1 amide bonds. The molecule has 24 heavy (non-hydrogen) atoms. The quantitative estimate of drug-likeness (QED) is 0.884. The van der Waals surface area contributed by atoms with Gasteiger partial charge in [-0.3, -0.25) is 14.4 Å². The lowest BCUT2D eigenvalue weighted by Crippen LogP contribution is -2.36. The molecule has 128 valence electrons. The molecule has 0 atom stereocenters. The maximum atomic E-state index is 12.6. The van der Waals surface area contributed by atoms with E-state index in [9.17, 15) is 4.79 Å². The molecule has 0 unspecified atom stereocenters. The summed E-state index contributed by atoms with van der Waals surface area (Å²) in [7, 11) is 0. The molecule has 0 aliphatic carbocycles. The normalized spacial score (nSPS) is 16.1. The topological polar surface area (TPSA) is 93.2 Å². The Balaban J connectivity index is 1.60. The zero-order valence-corrected chi connectivity index (χ0v) is 13.9. The molecule has 0 aromatic carbocycles. The largest absolute Gasteiger partial charge is 0.382 e. The van der Waals surface area contributed by atoms with Gasteiger partial charge in [0.15, 0.2) is 11.5 Å². The third-order valence-corrected chi connectivity index (χ3v) is 4.22. The van der Waals surface area contributed by atoms with Gasteiger partial charge in [-0.15, -0.1) is 0 Å². The van der Waals surface area contributed by atoms with Crippen LogP contribution in [0.2, 0.25) is 0 Å². The Kier molecular flexibility index (Phi) is 5.05. The Morgan fingerprint density at radius 2 is 2.04 bits per heavy atom. The van der Waals surface area contributed by atoms with E-state index < -0.39 is 0 Å². The molecule has 3 rings (SSSR count). The minimum absolute atomic E-state index is 0.138. The van der Waals surface area contributed by atoms with Crippen LogP contribution >= 0.6 is 0 Å². The number of rotatable bonds is 4. The number of carbonyl (C=O) groups is 1. The molecule has 8 heteroatoms. The number of anilines is 1. The number of nitrogens with two attached hydrogens (primary N) is 1. The van der Waals surface area contributed by atoms with Gasteiger partial charge in [-0.05, 0) is 13.3 Å². The van der Waals surface area contributed by atoms with Crippen molar-refractivity contribution in [1.29, 1.82) is 0 Å². The van der Waals surface area contributed by atoms with Gasteiger partial charge in [-0.25, -0.2) is 9.97 Å². The molecule has 8 nitrogen and oxygen atoms in total. The highest BCUT2D eigenvalue weighted by atomic mass is 16.2. The van der Waals surface area contributed by atoms with Crippen LogP contribution in [0.25, 0.3) is 0 Å². The van der Waals surface area contributed by atoms with Crippen molar-refractivity contribution in [3.8, 4) is 0 Å². The van der Waals surface area contributed by atoms with Crippen LogP contribution in [0.5, 0.6) is 0 Å². The van der Waals surface area contributed by atoms with Crippen molar-refractivity contribution in [3.05, 3.63) is 36.0 Å². The summed E-state index contributed by atoms with van der Waals surface area (Å²) in [5.74, 6) is 0.0526. The lowest BCUT2D eigenvalue weighted by molar-refractivity contribution is 0.0756. The molecule has 3 heterocycles. The van der Waals surface area contributed by atoms with Crippen molar-refractivity contribution >= 4 is 11.7 Å². The smallest absolute Gasteiger partial charge is 0.276 e. The summed E-state index contributed by atoms with van der Waals surface area (Å²) in [4.78, 5) is 24.8. The third kappa shape index (κ3) is 3.70. The Morgan fingerprint density at radius 3 is 2.79 bits per heavy atom. The van der Waals surface area contributed by atoms with Crippen LogP contribution in [0.1, 0.15) is 29.4 Å². The van der Waals surface area contributed by atoms with E-state index in [1.165, 1.54) is 18.0 Å². The number of aryl methyl sites for hydroxylation is 1. The Hall–Kier alpha value is -2.48. The molecule has 0 radical (unpaired) electrons. The fourth-order valence-electron chi connectivity index (χ4n) is 2.91. The van der Waals surface area contributed by atoms with Gasteiger partial charge in [0, 0.05) is 63.4 Å². The predicted molar refractivity (Wildman–Crippen MR) is 90.1 cm³/mol. The van der Waals surface area contributed by atoms with Crippen molar-refractivity contribution in [2.45, 2.75) is 26.4 Å². The maximum Gasteiger partial charge on any atom is 0.276 e. The van der Waals surface area contributed by atoms with Crippen molar-refractivity contribution in [3.63, 3.8) is 0 Å². The Bertz CT molecular complexity index is 699. The summed E-state index contributed by atoms with van der Waals surface area (Å²) in [6.07, 6.45) is 7.91. The van der Waals surface area contributed by atoms with Gasteiger partial charge in [0.25, 0.3) is 5.91 Å². The molecule has 1 aliphatic rings. The van der Waals surface area contributed by atoms with E-state index in [4.69, 9.17) is 5.73 Å². The maximum absolute atomic E-state index is 12.6. The second kappa shape index (κ2) is 7.39. The molecule has 1 fully saturated rings. The molecule has 2 aromatic heterocycles. The van der Waals surface area contributed by atoms with E-state index in [1.54, 1.807) is 0 Å². The van der Waals surface area contributed by atoms with Crippen molar-refractivity contribution in [1.82, 2.24) is 29.5 Å². The van der Waals surface area contributed by atoms with Gasteiger partial charge in [0.2, 0.25) is 0 Å². The van der Waals surface area contributed by atoms with Crippen LogP contribution in [-0.2, 0) is 13.1 Å². The molecule has 0 spiro atoms. The minimum Gasteiger partial charge on any atom is -0.382 e. The van der Waals surface area contributed by atoms with Crippen molar-refractivity contribution in [2.75, 3.05) is 31.9 Å². The monoisotopic (exact) mass is 329 g/mol. The van der Waals surface area contributed by atoms with E-state index in [2.05, 4.69) is 33.1 Å². The zero-order valence-electron chi connectivity index (χ0n) is 13.9. The predicted octanol–water partition coefficient (Wildman–Crippen LogP) is 0.623. The van der Waals surface area contributed by atoms with Crippen LogP contribution in [0, 0.1) is 0 Å². The molecule has 0 saturated carbocycles. The van der Waals surface area contributed by atoms with Crippen LogP contribution in [0.4, 0.5) is 5.82 Å². The van der Waals surface area contributed by atoms with Crippen LogP contribution in [-0.4, -0.2) is 61.6 Å². The number of nitrogen functional groups attached to an aromatic ring is 1. The number of carbonyl (C=O) groups excluding carboxylic acids is 1. The summed E-state index contributed by atoms with van der Waals surface area (Å²) in [6.45, 7) is 6.96. The molecule has 1 saturated heterocycles. The Morgan fingerprint density at radius 1 is 1.21 bits per heavy atom. The summed E-state index contributed by atoms with van der Waals surface area (Å²) in [5.41, 5.74) is 7.22. The molecular formula is C16H23N7O. The van der Waals surface area contributed by atoms with E-state index in [1.807, 2.05) is 15.8 Å². The van der Waals surface area contributed by atoms with Crippen LogP contribution in [0.3, 0.4) is 0 Å². The summed E-state index contributed by atoms with van der Waals surface area (Å²) >= 11 is 0. The van der Waals surface area contributed by atoms with Gasteiger partial charge in [-0.1, -0.05) is 0 Å². The third-order valence-electron chi connectivity index (χ3n) is 4.22. The first-order chi connectivity index (χ1) is 11.7. The van der Waals surface area contributed by atoms with Crippen molar-refractivity contribution < 1.29 is 4.79 Å². The van der Waals surface area contributed by atoms with Gasteiger partial charge in [-0.2, -0.15) is 5.10 Å². The van der Waals surface area contributed by atoms with Gasteiger partial charge in [0.1, 0.15) is 0 Å². The molecule has 2 aromatic rings. The van der Waals surface area contributed by atoms with Crippen molar-refractivity contribution in [2.24, 2.45) is 0 Å². The highest BCUT2D eigenvalue weighted by Gasteiger charge is 2.23. The fourth-order valence-corrected chi connectivity index (χ4v) is 2.91. The fraction of sp³-hybridized carbons (Fsp3) is 0.500. The first-order valence-corrected chi connectivity index (χ1v) is 8.27. The summed E-state index contributed by atoms with van der Waals surface area (Å²) in [6, 6.07) is 0. The second-order valence-corrected chi connectivity index (χ2v) is 5.92. The number of nitrogens with zero attached hydrogens (tertiary/aromatic N) is 6. The first-order valence-electron chi connectivity index (χ1n) is 8.27. The summed E-state index contributed by atoms with van der Waals surface area (Å²) < 4.78 is 1.93. The van der Waals surface area contributed by atoms with E-state index >= 15 is 0 Å². The second-order valence-electron chi connectivity index (χ2n) is 5.92. The van der Waals surface area contributed by atoms with Crippen LogP contribution < -0.4 is 5.73 Å². The van der Waals surface area contributed by atoms with E-state index in [0.717, 1.165) is 32.6 Å². The molecule has 0 bridgehead atoms. The highest BCUT2D eigenvalue weighted by Crippen LogP contribution is 2.13. The number of hydrogen-bond donors (Lipinski definition) is 1. The average molecular weight is 329 g/mol. The van der Waals surface area contributed by atoms with Crippen LogP contribution in [0.15, 0.2) is 24.8 Å². The zero-order chi connectivity index (χ0) is 16.9. The lowest BCUT2D eigenvalue weighted by atomic mass is 10.3. The molecule has 2 N–H and O–H groups in total. The average Bonchev–Trinajstić information content (AvgIpc) is 2.92. The Labute approximate surface area is 141 Å². The SMILES string of the molecule is CCn1cc(CN2CCCN(C(=O)c3nccnc3N)CC2)cn1. The van der Waals surface area contributed by atoms with Gasteiger partial charge < -0.3 is 10.6 Å². The molecule has 1 aliphatic heterocycles. The standard InChI is InChI=1S/C16H23N7O/c1-2-23-12-13(10-20-23)11-21-6-3-7-22(9-8-21)16(24)14-15(17)19-5-4-18-14/h4-5,10,12H,2-3,6-9,11H2,1H3,(H2,17,19). The lowest BCUT2D eigenvalue weighted by Gasteiger charge is -2.21. The molecular weight excluding hydrogens is 306 g/mol. The summed E-state index contributed by atoms with van der Waals surface area (Å²) in [5, 5.41) is 4.31. The number of hydrogen-bond acceptors (Lipinski definition) is 6. The number of amides is 1. The van der Waals surface area contributed by atoms with Gasteiger partial charge >= 0.3 is 0 Å².